The number of rotatable bonds is 3. The summed E-state index contributed by atoms with van der Waals surface area (Å²) in [7, 11) is 0. The van der Waals surface area contributed by atoms with Crippen LogP contribution in [0.2, 0.25) is 0 Å². The summed E-state index contributed by atoms with van der Waals surface area (Å²) in [4.78, 5) is 10.5. The number of hydrogen-bond acceptors (Lipinski definition) is 4. The zero-order chi connectivity index (χ0) is 11.4. The van der Waals surface area contributed by atoms with Gasteiger partial charge in [-0.05, 0) is 17.7 Å². The van der Waals surface area contributed by atoms with Crippen LogP contribution in [-0.2, 0) is 4.79 Å². The van der Waals surface area contributed by atoms with Gasteiger partial charge in [-0.2, -0.15) is 5.26 Å². The monoisotopic (exact) mass is 206 g/mol. The van der Waals surface area contributed by atoms with Crippen molar-refractivity contribution in [3.8, 4) is 6.07 Å². The second-order valence-corrected chi connectivity index (χ2v) is 3.05. The molecule has 0 radical (unpaired) electrons. The zero-order valence-corrected chi connectivity index (χ0v) is 7.79. The Kier molecular flexibility index (Phi) is 3.39. The van der Waals surface area contributed by atoms with Crippen LogP contribution in [0.1, 0.15) is 17.2 Å². The number of carboxylic acid groups (broad SMARTS) is 1. The molecule has 0 saturated heterocycles. The molecule has 5 nitrogen and oxygen atoms in total. The molecule has 78 valence electrons. The molecule has 5 heteroatoms. The van der Waals surface area contributed by atoms with E-state index in [4.69, 9.17) is 16.1 Å². The van der Waals surface area contributed by atoms with Gasteiger partial charge in [0.2, 0.25) is 0 Å². The first-order chi connectivity index (χ1) is 7.06. The molecule has 0 saturated carbocycles. The minimum Gasteiger partial charge on any atom is -0.479 e. The van der Waals surface area contributed by atoms with E-state index in [-0.39, 0.29) is 0 Å². The van der Waals surface area contributed by atoms with Crippen LogP contribution in [0.3, 0.4) is 0 Å². The van der Waals surface area contributed by atoms with Crippen LogP contribution in [-0.4, -0.2) is 22.3 Å². The Balaban J connectivity index is 2.96. The van der Waals surface area contributed by atoms with Crippen molar-refractivity contribution in [3.63, 3.8) is 0 Å². The highest BCUT2D eigenvalue weighted by Crippen LogP contribution is 2.15. The summed E-state index contributed by atoms with van der Waals surface area (Å²) >= 11 is 0. The van der Waals surface area contributed by atoms with E-state index in [2.05, 4.69) is 0 Å². The number of carboxylic acids is 1. The van der Waals surface area contributed by atoms with Gasteiger partial charge < -0.3 is 15.9 Å². The molecule has 15 heavy (non-hydrogen) atoms. The average molecular weight is 206 g/mol. The lowest BCUT2D eigenvalue weighted by molar-refractivity contribution is -0.147. The van der Waals surface area contributed by atoms with Gasteiger partial charge in [-0.25, -0.2) is 4.79 Å². The fourth-order valence-corrected chi connectivity index (χ4v) is 1.15. The third-order valence-corrected chi connectivity index (χ3v) is 1.99. The molecule has 4 N–H and O–H groups in total. The molecule has 0 aromatic heterocycles. The van der Waals surface area contributed by atoms with Crippen molar-refractivity contribution in [1.82, 2.24) is 0 Å². The molecule has 0 heterocycles. The predicted molar refractivity (Wildman–Crippen MR) is 51.7 cm³/mol. The van der Waals surface area contributed by atoms with Crippen molar-refractivity contribution < 1.29 is 15.0 Å². The normalized spacial score (nSPS) is 13.9. The van der Waals surface area contributed by atoms with Gasteiger partial charge in [-0.1, -0.05) is 12.1 Å². The van der Waals surface area contributed by atoms with Crippen molar-refractivity contribution in [1.29, 1.82) is 5.26 Å². The maximum Gasteiger partial charge on any atom is 0.334 e. The first-order valence-corrected chi connectivity index (χ1v) is 4.22. The summed E-state index contributed by atoms with van der Waals surface area (Å²) in [6.07, 6.45) is -1.67. The van der Waals surface area contributed by atoms with Gasteiger partial charge >= 0.3 is 5.97 Å². The van der Waals surface area contributed by atoms with Gasteiger partial charge in [0, 0.05) is 0 Å². The Hall–Kier alpha value is -1.90. The molecular weight excluding hydrogens is 196 g/mol. The number of benzene rings is 1. The summed E-state index contributed by atoms with van der Waals surface area (Å²) in [5, 5.41) is 26.4. The van der Waals surface area contributed by atoms with E-state index in [0.717, 1.165) is 0 Å². The largest absolute Gasteiger partial charge is 0.479 e. The SMILES string of the molecule is N#Cc1cccc([C@H](N)[C@H](O)C(=O)O)c1. The summed E-state index contributed by atoms with van der Waals surface area (Å²) in [6.45, 7) is 0. The van der Waals surface area contributed by atoms with Gasteiger partial charge in [-0.3, -0.25) is 0 Å². The zero-order valence-electron chi connectivity index (χ0n) is 7.79. The summed E-state index contributed by atoms with van der Waals surface area (Å²) < 4.78 is 0. The maximum absolute atomic E-state index is 10.5. The molecule has 2 atom stereocenters. The number of nitriles is 1. The minimum absolute atomic E-state index is 0.375. The van der Waals surface area contributed by atoms with Crippen LogP contribution < -0.4 is 5.73 Å². The first-order valence-electron chi connectivity index (χ1n) is 4.22. The van der Waals surface area contributed by atoms with Crippen LogP contribution in [0, 0.1) is 11.3 Å². The molecule has 1 aromatic carbocycles. The Morgan fingerprint density at radius 2 is 2.20 bits per heavy atom. The standard InChI is InChI=1S/C10H10N2O3/c11-5-6-2-1-3-7(4-6)8(12)9(13)10(14)15/h1-4,8-9,13H,12H2,(H,14,15)/t8-,9-/m0/s1. The molecule has 0 aliphatic heterocycles. The molecule has 0 aliphatic rings. The quantitative estimate of drug-likeness (QED) is 0.645. The molecule has 0 bridgehead atoms. The van der Waals surface area contributed by atoms with Crippen LogP contribution >= 0.6 is 0 Å². The Labute approximate surface area is 86.4 Å². The molecule has 0 unspecified atom stereocenters. The molecule has 1 rings (SSSR count). The van der Waals surface area contributed by atoms with Crippen LogP contribution in [0.4, 0.5) is 0 Å². The number of nitrogens with zero attached hydrogens (tertiary/aromatic N) is 1. The van der Waals surface area contributed by atoms with Gasteiger partial charge in [0.1, 0.15) is 0 Å². The third-order valence-electron chi connectivity index (χ3n) is 1.99. The topological polar surface area (TPSA) is 107 Å². The molecular formula is C10H10N2O3. The predicted octanol–water partition coefficient (Wildman–Crippen LogP) is 0.00358. The summed E-state index contributed by atoms with van der Waals surface area (Å²) in [5.41, 5.74) is 6.32. The lowest BCUT2D eigenvalue weighted by atomic mass is 10.0. The van der Waals surface area contributed by atoms with Gasteiger partial charge in [-0.15, -0.1) is 0 Å². The van der Waals surface area contributed by atoms with Crippen molar-refractivity contribution >= 4 is 5.97 Å². The molecule has 0 spiro atoms. The number of aliphatic hydroxyl groups is 1. The second kappa shape index (κ2) is 4.55. The smallest absolute Gasteiger partial charge is 0.334 e. The van der Waals surface area contributed by atoms with Gasteiger partial charge in [0.25, 0.3) is 0 Å². The lowest BCUT2D eigenvalue weighted by Crippen LogP contribution is -2.33. The third kappa shape index (κ3) is 2.53. The van der Waals surface area contributed by atoms with E-state index in [0.29, 0.717) is 11.1 Å². The summed E-state index contributed by atoms with van der Waals surface area (Å²) in [5.74, 6) is -1.38. The van der Waals surface area contributed by atoms with Gasteiger partial charge in [0.15, 0.2) is 6.10 Å². The number of aliphatic carboxylic acids is 1. The number of aliphatic hydroxyl groups excluding tert-OH is 1. The van der Waals surface area contributed by atoms with Crippen LogP contribution in [0.5, 0.6) is 0 Å². The Morgan fingerprint density at radius 1 is 1.53 bits per heavy atom. The highest BCUT2D eigenvalue weighted by Gasteiger charge is 2.23. The van der Waals surface area contributed by atoms with Crippen molar-refractivity contribution in [2.24, 2.45) is 5.73 Å². The van der Waals surface area contributed by atoms with Crippen molar-refractivity contribution in [2.75, 3.05) is 0 Å². The molecule has 0 fully saturated rings. The first kappa shape index (κ1) is 11.2. The Bertz CT molecular complexity index is 411. The highest BCUT2D eigenvalue weighted by molar-refractivity contribution is 5.73. The minimum atomic E-state index is -1.67. The number of carbonyl (C=O) groups is 1. The van der Waals surface area contributed by atoms with E-state index in [9.17, 15) is 9.90 Å². The van der Waals surface area contributed by atoms with Crippen LogP contribution in [0.25, 0.3) is 0 Å². The van der Waals surface area contributed by atoms with Crippen LogP contribution in [0.15, 0.2) is 24.3 Å². The van der Waals surface area contributed by atoms with E-state index in [1.54, 1.807) is 18.2 Å². The Morgan fingerprint density at radius 3 is 2.73 bits per heavy atom. The fraction of sp³-hybridized carbons (Fsp3) is 0.200. The average Bonchev–Trinajstić information content (AvgIpc) is 2.27. The van der Waals surface area contributed by atoms with E-state index in [1.807, 2.05) is 6.07 Å². The van der Waals surface area contributed by atoms with Gasteiger partial charge in [0.05, 0.1) is 17.7 Å². The number of nitrogens with two attached hydrogens (primary N) is 1. The molecule has 0 amide bonds. The maximum atomic E-state index is 10.5. The van der Waals surface area contributed by atoms with Crippen molar-refractivity contribution in [3.05, 3.63) is 35.4 Å². The lowest BCUT2D eigenvalue weighted by Gasteiger charge is -2.15. The fourth-order valence-electron chi connectivity index (χ4n) is 1.15. The highest BCUT2D eigenvalue weighted by atomic mass is 16.4. The molecule has 0 aliphatic carbocycles. The van der Waals surface area contributed by atoms with E-state index < -0.39 is 18.1 Å². The van der Waals surface area contributed by atoms with Crippen molar-refractivity contribution in [2.45, 2.75) is 12.1 Å². The van der Waals surface area contributed by atoms with E-state index >= 15 is 0 Å². The number of hydrogen-bond donors (Lipinski definition) is 3. The van der Waals surface area contributed by atoms with E-state index in [1.165, 1.54) is 6.07 Å². The molecule has 1 aromatic rings. The summed E-state index contributed by atoms with van der Waals surface area (Å²) in [6, 6.07) is 7.05. The second-order valence-electron chi connectivity index (χ2n) is 3.05.